The molecule has 15 heavy (non-hydrogen) atoms. The normalized spacial score (nSPS) is 35.7. The van der Waals surface area contributed by atoms with Crippen LogP contribution in [0, 0.1) is 0 Å². The fourth-order valence-electron chi connectivity index (χ4n) is 2.25. The molecule has 2 heterocycles. The zero-order valence-electron chi connectivity index (χ0n) is 9.16. The average molecular weight is 214 g/mol. The molecule has 2 aliphatic rings. The molecule has 0 aliphatic carbocycles. The molecule has 2 unspecified atom stereocenters. The third-order valence-electron chi connectivity index (χ3n) is 3.02. The van der Waals surface area contributed by atoms with E-state index in [0.717, 1.165) is 32.3 Å². The van der Waals surface area contributed by atoms with Crippen LogP contribution in [0.5, 0.6) is 0 Å². The Morgan fingerprint density at radius 3 is 3.00 bits per heavy atom. The Kier molecular flexibility index (Phi) is 3.26. The van der Waals surface area contributed by atoms with Gasteiger partial charge in [0, 0.05) is 19.8 Å². The van der Waals surface area contributed by atoms with E-state index in [1.165, 1.54) is 13.3 Å². The van der Waals surface area contributed by atoms with Crippen molar-refractivity contribution >= 4 is 5.97 Å². The molecular formula is C11H18O4. The van der Waals surface area contributed by atoms with Crippen LogP contribution < -0.4 is 0 Å². The van der Waals surface area contributed by atoms with Crippen molar-refractivity contribution in [3.8, 4) is 0 Å². The Bertz CT molecular complexity index is 233. The van der Waals surface area contributed by atoms with Crippen molar-refractivity contribution < 1.29 is 19.0 Å². The van der Waals surface area contributed by atoms with Crippen LogP contribution in [0.4, 0.5) is 0 Å². The van der Waals surface area contributed by atoms with Crippen LogP contribution in [0.2, 0.25) is 0 Å². The maximum Gasteiger partial charge on any atom is 0.302 e. The smallest absolute Gasteiger partial charge is 0.302 e. The number of ether oxygens (including phenoxy) is 3. The van der Waals surface area contributed by atoms with Crippen molar-refractivity contribution in [1.29, 1.82) is 0 Å². The molecule has 2 saturated heterocycles. The van der Waals surface area contributed by atoms with Gasteiger partial charge in [0.15, 0.2) is 5.79 Å². The Hall–Kier alpha value is -0.610. The number of carbonyl (C=O) groups is 1. The largest absolute Gasteiger partial charge is 0.463 e. The average Bonchev–Trinajstić information content (AvgIpc) is 2.60. The molecule has 0 amide bonds. The topological polar surface area (TPSA) is 44.8 Å². The quantitative estimate of drug-likeness (QED) is 0.655. The van der Waals surface area contributed by atoms with Gasteiger partial charge in [0.05, 0.1) is 12.7 Å². The molecule has 86 valence electrons. The summed E-state index contributed by atoms with van der Waals surface area (Å²) in [4.78, 5) is 10.7. The molecule has 1 spiro atoms. The van der Waals surface area contributed by atoms with Gasteiger partial charge in [-0.1, -0.05) is 0 Å². The highest BCUT2D eigenvalue weighted by Gasteiger charge is 2.42. The van der Waals surface area contributed by atoms with Gasteiger partial charge in [-0.2, -0.15) is 0 Å². The lowest BCUT2D eigenvalue weighted by Crippen LogP contribution is -2.36. The van der Waals surface area contributed by atoms with E-state index in [1.54, 1.807) is 0 Å². The SMILES string of the molecule is CC(=O)OCC1CCC2(CCCCO2)O1. The minimum absolute atomic E-state index is 0.0204. The summed E-state index contributed by atoms with van der Waals surface area (Å²) in [7, 11) is 0. The zero-order chi connectivity index (χ0) is 10.7. The van der Waals surface area contributed by atoms with Crippen LogP contribution in [0.1, 0.15) is 39.0 Å². The molecule has 2 fully saturated rings. The summed E-state index contributed by atoms with van der Waals surface area (Å²) in [6.07, 6.45) is 5.14. The minimum Gasteiger partial charge on any atom is -0.463 e. The second-order valence-electron chi connectivity index (χ2n) is 4.30. The summed E-state index contributed by atoms with van der Waals surface area (Å²) in [6, 6.07) is 0. The first-order valence-corrected chi connectivity index (χ1v) is 5.65. The fraction of sp³-hybridized carbons (Fsp3) is 0.909. The Morgan fingerprint density at radius 1 is 1.47 bits per heavy atom. The maximum absolute atomic E-state index is 10.7. The van der Waals surface area contributed by atoms with E-state index in [9.17, 15) is 4.79 Å². The second-order valence-corrected chi connectivity index (χ2v) is 4.30. The third-order valence-corrected chi connectivity index (χ3v) is 3.02. The van der Waals surface area contributed by atoms with Gasteiger partial charge in [-0.15, -0.1) is 0 Å². The lowest BCUT2D eigenvalue weighted by Gasteiger charge is -2.33. The highest BCUT2D eigenvalue weighted by atomic mass is 16.7. The fourth-order valence-corrected chi connectivity index (χ4v) is 2.25. The van der Waals surface area contributed by atoms with E-state index in [0.29, 0.717) is 6.61 Å². The molecule has 0 aromatic carbocycles. The van der Waals surface area contributed by atoms with Crippen LogP contribution in [-0.4, -0.2) is 31.1 Å². The lowest BCUT2D eigenvalue weighted by molar-refractivity contribution is -0.249. The highest BCUT2D eigenvalue weighted by Crippen LogP contribution is 2.38. The van der Waals surface area contributed by atoms with Gasteiger partial charge < -0.3 is 14.2 Å². The number of carbonyl (C=O) groups excluding carboxylic acids is 1. The van der Waals surface area contributed by atoms with Gasteiger partial charge in [-0.3, -0.25) is 4.79 Å². The van der Waals surface area contributed by atoms with E-state index >= 15 is 0 Å². The van der Waals surface area contributed by atoms with Gasteiger partial charge in [-0.05, 0) is 19.3 Å². The van der Waals surface area contributed by atoms with E-state index in [1.807, 2.05) is 0 Å². The van der Waals surface area contributed by atoms with Crippen molar-refractivity contribution in [2.75, 3.05) is 13.2 Å². The first kappa shape index (κ1) is 10.9. The second kappa shape index (κ2) is 4.49. The highest BCUT2D eigenvalue weighted by molar-refractivity contribution is 5.65. The van der Waals surface area contributed by atoms with Gasteiger partial charge in [-0.25, -0.2) is 0 Å². The summed E-state index contributed by atoms with van der Waals surface area (Å²) >= 11 is 0. The van der Waals surface area contributed by atoms with Crippen molar-refractivity contribution in [3.05, 3.63) is 0 Å². The molecule has 0 aromatic heterocycles. The standard InChI is InChI=1S/C11H18O4/c1-9(12)13-8-10-4-6-11(15-10)5-2-3-7-14-11/h10H,2-8H2,1H3. The molecule has 0 saturated carbocycles. The van der Waals surface area contributed by atoms with E-state index in [-0.39, 0.29) is 17.9 Å². The third kappa shape index (κ3) is 2.69. The molecule has 2 aliphatic heterocycles. The number of hydrogen-bond donors (Lipinski definition) is 0. The number of esters is 1. The van der Waals surface area contributed by atoms with E-state index in [4.69, 9.17) is 14.2 Å². The van der Waals surface area contributed by atoms with Crippen LogP contribution in [0.15, 0.2) is 0 Å². The summed E-state index contributed by atoms with van der Waals surface area (Å²) in [6.45, 7) is 2.57. The zero-order valence-corrected chi connectivity index (χ0v) is 9.16. The van der Waals surface area contributed by atoms with Crippen LogP contribution in [0.3, 0.4) is 0 Å². The lowest BCUT2D eigenvalue weighted by atomic mass is 10.0. The molecular weight excluding hydrogens is 196 g/mol. The molecule has 0 aromatic rings. The van der Waals surface area contributed by atoms with Crippen LogP contribution in [-0.2, 0) is 19.0 Å². The molecule has 2 atom stereocenters. The minimum atomic E-state index is -0.358. The van der Waals surface area contributed by atoms with Crippen LogP contribution >= 0.6 is 0 Å². The summed E-state index contributed by atoms with van der Waals surface area (Å²) in [5.41, 5.74) is 0. The van der Waals surface area contributed by atoms with Crippen molar-refractivity contribution in [2.45, 2.75) is 50.9 Å². The predicted molar refractivity (Wildman–Crippen MR) is 53.3 cm³/mol. The van der Waals surface area contributed by atoms with Crippen molar-refractivity contribution in [2.24, 2.45) is 0 Å². The molecule has 0 radical (unpaired) electrons. The summed E-state index contributed by atoms with van der Waals surface area (Å²) in [5, 5.41) is 0. The van der Waals surface area contributed by atoms with E-state index in [2.05, 4.69) is 0 Å². The van der Waals surface area contributed by atoms with E-state index < -0.39 is 0 Å². The maximum atomic E-state index is 10.7. The molecule has 0 N–H and O–H groups in total. The van der Waals surface area contributed by atoms with Crippen LogP contribution in [0.25, 0.3) is 0 Å². The molecule has 2 rings (SSSR count). The van der Waals surface area contributed by atoms with Gasteiger partial charge in [0.2, 0.25) is 0 Å². The number of hydrogen-bond acceptors (Lipinski definition) is 4. The monoisotopic (exact) mass is 214 g/mol. The Balaban J connectivity index is 1.80. The molecule has 4 nitrogen and oxygen atoms in total. The summed E-state index contributed by atoms with van der Waals surface area (Å²) < 4.78 is 16.5. The van der Waals surface area contributed by atoms with Crippen molar-refractivity contribution in [1.82, 2.24) is 0 Å². The predicted octanol–water partition coefficient (Wildman–Crippen LogP) is 1.63. The van der Waals surface area contributed by atoms with Gasteiger partial charge >= 0.3 is 5.97 Å². The number of rotatable bonds is 2. The Morgan fingerprint density at radius 2 is 2.33 bits per heavy atom. The first-order valence-electron chi connectivity index (χ1n) is 5.65. The van der Waals surface area contributed by atoms with Crippen molar-refractivity contribution in [3.63, 3.8) is 0 Å². The molecule has 4 heteroatoms. The first-order chi connectivity index (χ1) is 7.20. The summed E-state index contributed by atoms with van der Waals surface area (Å²) in [5.74, 6) is -0.604. The van der Waals surface area contributed by atoms with Gasteiger partial charge in [0.1, 0.15) is 6.61 Å². The Labute approximate surface area is 89.9 Å². The van der Waals surface area contributed by atoms with Gasteiger partial charge in [0.25, 0.3) is 0 Å². The molecule has 0 bridgehead atoms.